The van der Waals surface area contributed by atoms with Crippen molar-refractivity contribution in [2.75, 3.05) is 37.0 Å². The molecule has 144 valence electrons. The Balaban J connectivity index is 1.61. The number of halogens is 1. The Morgan fingerprint density at radius 2 is 2.07 bits per heavy atom. The van der Waals surface area contributed by atoms with Crippen molar-refractivity contribution < 1.29 is 14.3 Å². The molecule has 27 heavy (non-hydrogen) atoms. The molecule has 2 aromatic rings. The minimum Gasteiger partial charge on any atom is -0.478 e. The lowest BCUT2D eigenvalue weighted by Gasteiger charge is -2.26. The zero-order chi connectivity index (χ0) is 19.4. The van der Waals surface area contributed by atoms with Crippen molar-refractivity contribution >= 4 is 17.7 Å². The molecule has 0 radical (unpaired) electrons. The van der Waals surface area contributed by atoms with Gasteiger partial charge < -0.3 is 20.2 Å². The van der Waals surface area contributed by atoms with E-state index in [2.05, 4.69) is 15.3 Å². The van der Waals surface area contributed by atoms with Crippen LogP contribution < -0.4 is 15.1 Å². The number of rotatable bonds is 7. The van der Waals surface area contributed by atoms with Crippen molar-refractivity contribution in [3.05, 3.63) is 47.7 Å². The molecule has 3 rings (SSSR count). The maximum Gasteiger partial charge on any atom is 0.335 e. The van der Waals surface area contributed by atoms with E-state index in [4.69, 9.17) is 5.11 Å². The second kappa shape index (κ2) is 8.30. The minimum absolute atomic E-state index is 0.00297. The smallest absolute Gasteiger partial charge is 0.335 e. The third kappa shape index (κ3) is 4.71. The first-order chi connectivity index (χ1) is 12.9. The van der Waals surface area contributed by atoms with Gasteiger partial charge in [0, 0.05) is 45.8 Å². The SMILES string of the molecule is CN(C)c1nccc(N2C[C@@H](F)C[C@H]2CNCc2ccc(C(=O)O)cc2)n1. The third-order valence-electron chi connectivity index (χ3n) is 4.60. The first-order valence-electron chi connectivity index (χ1n) is 8.88. The molecule has 1 aliphatic rings. The molecule has 2 heterocycles. The van der Waals surface area contributed by atoms with Gasteiger partial charge in [0.2, 0.25) is 5.95 Å². The van der Waals surface area contributed by atoms with Crippen molar-refractivity contribution in [1.29, 1.82) is 0 Å². The highest BCUT2D eigenvalue weighted by atomic mass is 19.1. The number of nitrogens with zero attached hydrogens (tertiary/aromatic N) is 4. The Morgan fingerprint density at radius 1 is 1.33 bits per heavy atom. The summed E-state index contributed by atoms with van der Waals surface area (Å²) in [7, 11) is 3.74. The van der Waals surface area contributed by atoms with Gasteiger partial charge >= 0.3 is 5.97 Å². The van der Waals surface area contributed by atoms with E-state index in [-0.39, 0.29) is 11.6 Å². The highest BCUT2D eigenvalue weighted by Gasteiger charge is 2.32. The number of carboxylic acids is 1. The van der Waals surface area contributed by atoms with E-state index in [1.807, 2.05) is 30.0 Å². The van der Waals surface area contributed by atoms with E-state index in [0.29, 0.717) is 32.0 Å². The Labute approximate surface area is 157 Å². The maximum absolute atomic E-state index is 14.1. The molecule has 1 fully saturated rings. The van der Waals surface area contributed by atoms with Crippen LogP contribution in [0.5, 0.6) is 0 Å². The molecule has 0 amide bonds. The number of anilines is 2. The standard InChI is InChI=1S/C19H24FN5O2/c1-24(2)19-22-8-7-17(23-19)25-12-15(20)9-16(25)11-21-10-13-3-5-14(6-4-13)18(26)27/h3-8,15-16,21H,9-12H2,1-2H3,(H,26,27)/t15-,16-/m0/s1. The predicted octanol–water partition coefficient (Wildman–Crippen LogP) is 1.95. The Hall–Kier alpha value is -2.74. The zero-order valence-electron chi connectivity index (χ0n) is 15.5. The van der Waals surface area contributed by atoms with Gasteiger partial charge in [-0.2, -0.15) is 4.98 Å². The summed E-state index contributed by atoms with van der Waals surface area (Å²) in [5.41, 5.74) is 1.25. The number of aromatic carboxylic acids is 1. The molecule has 0 saturated carbocycles. The van der Waals surface area contributed by atoms with Crippen LogP contribution in [0.1, 0.15) is 22.3 Å². The van der Waals surface area contributed by atoms with Crippen molar-refractivity contribution in [3.63, 3.8) is 0 Å². The first kappa shape index (κ1) is 19.0. The van der Waals surface area contributed by atoms with Crippen LogP contribution in [0.25, 0.3) is 0 Å². The number of nitrogens with one attached hydrogen (secondary N) is 1. The average Bonchev–Trinajstić information content (AvgIpc) is 3.03. The highest BCUT2D eigenvalue weighted by molar-refractivity contribution is 5.87. The summed E-state index contributed by atoms with van der Waals surface area (Å²) in [6, 6.07) is 8.56. The molecule has 0 unspecified atom stereocenters. The van der Waals surface area contributed by atoms with Crippen LogP contribution in [0.4, 0.5) is 16.2 Å². The van der Waals surface area contributed by atoms with Gasteiger partial charge in [-0.05, 0) is 23.8 Å². The molecule has 8 heteroatoms. The average molecular weight is 373 g/mol. The lowest BCUT2D eigenvalue weighted by Crippen LogP contribution is -2.38. The van der Waals surface area contributed by atoms with Gasteiger partial charge in [0.1, 0.15) is 12.0 Å². The van der Waals surface area contributed by atoms with Crippen LogP contribution in [0.15, 0.2) is 36.5 Å². The fraction of sp³-hybridized carbons (Fsp3) is 0.421. The molecule has 1 saturated heterocycles. The maximum atomic E-state index is 14.1. The molecule has 1 aromatic carbocycles. The Morgan fingerprint density at radius 3 is 2.74 bits per heavy atom. The summed E-state index contributed by atoms with van der Waals surface area (Å²) < 4.78 is 14.1. The number of hydrogen-bond donors (Lipinski definition) is 2. The number of carbonyl (C=O) groups is 1. The molecule has 0 aliphatic carbocycles. The summed E-state index contributed by atoms with van der Waals surface area (Å²) >= 11 is 0. The van der Waals surface area contributed by atoms with E-state index >= 15 is 0 Å². The van der Waals surface area contributed by atoms with Gasteiger partial charge in [0.05, 0.1) is 12.1 Å². The minimum atomic E-state index is -0.938. The molecule has 2 atom stereocenters. The molecule has 1 aliphatic heterocycles. The lowest BCUT2D eigenvalue weighted by atomic mass is 10.1. The van der Waals surface area contributed by atoms with E-state index in [1.54, 1.807) is 30.5 Å². The predicted molar refractivity (Wildman–Crippen MR) is 102 cm³/mol. The van der Waals surface area contributed by atoms with Crippen molar-refractivity contribution in [1.82, 2.24) is 15.3 Å². The van der Waals surface area contributed by atoms with Crippen LogP contribution in [-0.4, -0.2) is 60.4 Å². The summed E-state index contributed by atoms with van der Waals surface area (Å²) in [6.45, 7) is 1.53. The number of carboxylic acid groups (broad SMARTS) is 1. The van der Waals surface area contributed by atoms with E-state index in [1.165, 1.54) is 0 Å². The highest BCUT2D eigenvalue weighted by Crippen LogP contribution is 2.26. The molecular formula is C19H24FN5O2. The number of benzene rings is 1. The fourth-order valence-corrected chi connectivity index (χ4v) is 3.20. The molecular weight excluding hydrogens is 349 g/mol. The Bertz CT molecular complexity index is 784. The molecule has 0 bridgehead atoms. The fourth-order valence-electron chi connectivity index (χ4n) is 3.20. The summed E-state index contributed by atoms with van der Waals surface area (Å²) in [5.74, 6) is 0.388. The third-order valence-corrected chi connectivity index (χ3v) is 4.60. The van der Waals surface area contributed by atoms with Gasteiger partial charge in [-0.3, -0.25) is 0 Å². The summed E-state index contributed by atoms with van der Waals surface area (Å²) in [4.78, 5) is 23.4. The molecule has 2 N–H and O–H groups in total. The van der Waals surface area contributed by atoms with Gasteiger partial charge in [0.25, 0.3) is 0 Å². The van der Waals surface area contributed by atoms with E-state index < -0.39 is 12.1 Å². The number of alkyl halides is 1. The van der Waals surface area contributed by atoms with Crippen LogP contribution in [-0.2, 0) is 6.54 Å². The normalized spacial score (nSPS) is 19.3. The van der Waals surface area contributed by atoms with Gasteiger partial charge in [-0.15, -0.1) is 0 Å². The molecule has 7 nitrogen and oxygen atoms in total. The van der Waals surface area contributed by atoms with E-state index in [0.717, 1.165) is 11.4 Å². The van der Waals surface area contributed by atoms with E-state index in [9.17, 15) is 9.18 Å². The molecule has 0 spiro atoms. The monoisotopic (exact) mass is 373 g/mol. The first-order valence-corrected chi connectivity index (χ1v) is 8.88. The van der Waals surface area contributed by atoms with Gasteiger partial charge in [-0.1, -0.05) is 12.1 Å². The zero-order valence-corrected chi connectivity index (χ0v) is 15.5. The van der Waals surface area contributed by atoms with Crippen LogP contribution >= 0.6 is 0 Å². The second-order valence-electron chi connectivity index (χ2n) is 6.88. The van der Waals surface area contributed by atoms with Crippen molar-refractivity contribution in [2.45, 2.75) is 25.2 Å². The number of hydrogen-bond acceptors (Lipinski definition) is 6. The summed E-state index contributed by atoms with van der Waals surface area (Å²) in [6.07, 6.45) is 1.26. The van der Waals surface area contributed by atoms with Crippen molar-refractivity contribution in [2.24, 2.45) is 0 Å². The van der Waals surface area contributed by atoms with Crippen LogP contribution in [0.3, 0.4) is 0 Å². The van der Waals surface area contributed by atoms with Gasteiger partial charge in [-0.25, -0.2) is 14.2 Å². The summed E-state index contributed by atoms with van der Waals surface area (Å²) in [5, 5.41) is 12.3. The quantitative estimate of drug-likeness (QED) is 0.768. The Kier molecular flexibility index (Phi) is 5.85. The van der Waals surface area contributed by atoms with Crippen LogP contribution in [0, 0.1) is 0 Å². The topological polar surface area (TPSA) is 81.6 Å². The largest absolute Gasteiger partial charge is 0.478 e. The number of aromatic nitrogens is 2. The second-order valence-corrected chi connectivity index (χ2v) is 6.88. The molecule has 1 aromatic heterocycles. The van der Waals surface area contributed by atoms with Crippen molar-refractivity contribution in [3.8, 4) is 0 Å². The lowest BCUT2D eigenvalue weighted by molar-refractivity contribution is 0.0697. The van der Waals surface area contributed by atoms with Crippen LogP contribution in [0.2, 0.25) is 0 Å². The van der Waals surface area contributed by atoms with Gasteiger partial charge in [0.15, 0.2) is 0 Å².